The molecule has 0 aromatic heterocycles. The van der Waals surface area contributed by atoms with Crippen molar-refractivity contribution in [1.82, 2.24) is 5.32 Å². The molecule has 2 aromatic carbocycles. The third kappa shape index (κ3) is 4.50. The number of hydrogen-bond acceptors (Lipinski definition) is 3. The quantitative estimate of drug-likeness (QED) is 0.765. The number of nitrogens with one attached hydrogen (secondary N) is 1. The molecule has 1 aliphatic rings. The Bertz CT molecular complexity index is 944. The molecular weight excluding hydrogens is 396 g/mol. The summed E-state index contributed by atoms with van der Waals surface area (Å²) in [4.78, 5) is 13.1. The number of rotatable bonds is 6. The predicted molar refractivity (Wildman–Crippen MR) is 113 cm³/mol. The summed E-state index contributed by atoms with van der Waals surface area (Å²) in [6.07, 6.45) is 4.31. The van der Waals surface area contributed by atoms with Crippen molar-refractivity contribution in [3.8, 4) is 0 Å². The number of halogens is 1. The van der Waals surface area contributed by atoms with E-state index >= 15 is 0 Å². The summed E-state index contributed by atoms with van der Waals surface area (Å²) in [7, 11) is -3.66. The average Bonchev–Trinajstić information content (AvgIpc) is 2.66. The number of aryl methyl sites for hydroxylation is 1. The second kappa shape index (κ2) is 8.53. The molecule has 0 unspecified atom stereocenters. The van der Waals surface area contributed by atoms with Gasteiger partial charge >= 0.3 is 0 Å². The lowest BCUT2D eigenvalue weighted by Crippen LogP contribution is -2.50. The van der Waals surface area contributed by atoms with Crippen LogP contribution in [0.3, 0.4) is 0 Å². The molecule has 0 saturated heterocycles. The van der Waals surface area contributed by atoms with Gasteiger partial charge in [-0.05, 0) is 61.1 Å². The summed E-state index contributed by atoms with van der Waals surface area (Å²) in [5, 5.41) is 3.60. The van der Waals surface area contributed by atoms with E-state index in [0.29, 0.717) is 17.1 Å². The number of sulfonamides is 1. The minimum atomic E-state index is -3.66. The van der Waals surface area contributed by atoms with Crippen molar-refractivity contribution in [2.24, 2.45) is 0 Å². The highest BCUT2D eigenvalue weighted by Crippen LogP contribution is 2.30. The van der Waals surface area contributed by atoms with Crippen LogP contribution in [0.2, 0.25) is 5.02 Å². The van der Waals surface area contributed by atoms with E-state index < -0.39 is 16.1 Å². The molecule has 3 rings (SSSR count). The Kier molecular flexibility index (Phi) is 6.30. The molecule has 28 heavy (non-hydrogen) atoms. The largest absolute Gasteiger partial charge is 0.347 e. The molecule has 0 aliphatic heterocycles. The van der Waals surface area contributed by atoms with Crippen molar-refractivity contribution < 1.29 is 13.2 Å². The minimum Gasteiger partial charge on any atom is -0.347 e. The van der Waals surface area contributed by atoms with Crippen molar-refractivity contribution in [1.29, 1.82) is 0 Å². The first-order valence-corrected chi connectivity index (χ1v) is 11.7. The zero-order valence-electron chi connectivity index (χ0n) is 16.1. The lowest BCUT2D eigenvalue weighted by molar-refractivity contribution is -0.123. The summed E-state index contributed by atoms with van der Waals surface area (Å²) < 4.78 is 26.2. The van der Waals surface area contributed by atoms with Gasteiger partial charge in [0, 0.05) is 5.02 Å². The Hall–Kier alpha value is -2.05. The zero-order chi connectivity index (χ0) is 20.3. The van der Waals surface area contributed by atoms with Gasteiger partial charge < -0.3 is 5.32 Å². The lowest BCUT2D eigenvalue weighted by Gasteiger charge is -2.33. The van der Waals surface area contributed by atoms with Crippen LogP contribution in [-0.2, 0) is 21.2 Å². The van der Waals surface area contributed by atoms with Crippen LogP contribution in [0.5, 0.6) is 0 Å². The van der Waals surface area contributed by atoms with Crippen molar-refractivity contribution in [3.05, 3.63) is 64.7 Å². The summed E-state index contributed by atoms with van der Waals surface area (Å²) in [5.41, 5.74) is 2.79. The fourth-order valence-corrected chi connectivity index (χ4v) is 5.16. The molecule has 5 nitrogen and oxygen atoms in total. The number of amides is 1. The SMILES string of the molecule is CC[C@H](C(=O)N[C@H]1CCCc2ccccc21)N(c1ccc(Cl)cc1)S(C)(=O)=O. The monoisotopic (exact) mass is 420 g/mol. The molecule has 2 atom stereocenters. The molecule has 150 valence electrons. The number of anilines is 1. The van der Waals surface area contributed by atoms with Crippen LogP contribution in [0.15, 0.2) is 48.5 Å². The first kappa shape index (κ1) is 20.7. The van der Waals surface area contributed by atoms with E-state index in [-0.39, 0.29) is 11.9 Å². The van der Waals surface area contributed by atoms with E-state index in [0.717, 1.165) is 31.1 Å². The van der Waals surface area contributed by atoms with Crippen LogP contribution < -0.4 is 9.62 Å². The Balaban J connectivity index is 1.88. The number of benzene rings is 2. The topological polar surface area (TPSA) is 66.5 Å². The van der Waals surface area contributed by atoms with E-state index in [4.69, 9.17) is 11.6 Å². The standard InChI is InChI=1S/C21H25ClN2O3S/c1-3-20(24(28(2,26)27)17-13-11-16(22)12-14-17)21(25)23-19-10-6-8-15-7-4-5-9-18(15)19/h4-5,7,9,11-14,19-20H,3,6,8,10H2,1-2H3,(H,23,25)/t19-,20+/m0/s1. The third-order valence-electron chi connectivity index (χ3n) is 5.10. The highest BCUT2D eigenvalue weighted by atomic mass is 35.5. The van der Waals surface area contributed by atoms with Crippen LogP contribution in [0.1, 0.15) is 43.4 Å². The van der Waals surface area contributed by atoms with Gasteiger partial charge in [0.2, 0.25) is 15.9 Å². The van der Waals surface area contributed by atoms with Crippen LogP contribution in [-0.4, -0.2) is 26.6 Å². The summed E-state index contributed by atoms with van der Waals surface area (Å²) in [6, 6.07) is 13.7. The second-order valence-corrected chi connectivity index (χ2v) is 9.41. The maximum Gasteiger partial charge on any atom is 0.244 e. The van der Waals surface area contributed by atoms with Crippen molar-refractivity contribution >= 4 is 33.2 Å². The van der Waals surface area contributed by atoms with E-state index in [1.165, 1.54) is 9.87 Å². The molecule has 2 aromatic rings. The highest BCUT2D eigenvalue weighted by Gasteiger charge is 2.33. The van der Waals surface area contributed by atoms with Gasteiger partial charge in [-0.2, -0.15) is 0 Å². The number of carbonyl (C=O) groups excluding carboxylic acids is 1. The Morgan fingerprint density at radius 2 is 1.89 bits per heavy atom. The Morgan fingerprint density at radius 1 is 1.21 bits per heavy atom. The smallest absolute Gasteiger partial charge is 0.244 e. The summed E-state index contributed by atoms with van der Waals surface area (Å²) >= 11 is 5.94. The lowest BCUT2D eigenvalue weighted by atomic mass is 9.87. The van der Waals surface area contributed by atoms with E-state index in [1.54, 1.807) is 24.3 Å². The Labute approximate surface area is 171 Å². The van der Waals surface area contributed by atoms with Crippen LogP contribution in [0, 0.1) is 0 Å². The predicted octanol–water partition coefficient (Wildman–Crippen LogP) is 4.08. The first-order chi connectivity index (χ1) is 13.3. The third-order valence-corrected chi connectivity index (χ3v) is 6.53. The summed E-state index contributed by atoms with van der Waals surface area (Å²) in [5.74, 6) is -0.287. The van der Waals surface area contributed by atoms with Crippen LogP contribution >= 0.6 is 11.6 Å². The fourth-order valence-electron chi connectivity index (χ4n) is 3.82. The maximum atomic E-state index is 13.1. The van der Waals surface area contributed by atoms with Gasteiger partial charge in [-0.3, -0.25) is 9.10 Å². The van der Waals surface area contributed by atoms with Crippen LogP contribution in [0.25, 0.3) is 0 Å². The zero-order valence-corrected chi connectivity index (χ0v) is 17.6. The second-order valence-electron chi connectivity index (χ2n) is 7.11. The van der Waals surface area contributed by atoms with Gasteiger partial charge in [-0.15, -0.1) is 0 Å². The van der Waals surface area contributed by atoms with E-state index in [1.807, 2.05) is 25.1 Å². The van der Waals surface area contributed by atoms with Gasteiger partial charge in [0.05, 0.1) is 18.0 Å². The molecule has 0 fully saturated rings. The highest BCUT2D eigenvalue weighted by molar-refractivity contribution is 7.92. The average molecular weight is 421 g/mol. The molecule has 0 saturated carbocycles. The molecule has 0 radical (unpaired) electrons. The number of fused-ring (bicyclic) bond motifs is 1. The van der Waals surface area contributed by atoms with Crippen molar-refractivity contribution in [3.63, 3.8) is 0 Å². The molecule has 1 N–H and O–H groups in total. The van der Waals surface area contributed by atoms with E-state index in [2.05, 4.69) is 11.4 Å². The van der Waals surface area contributed by atoms with Gasteiger partial charge in [-0.1, -0.05) is 42.8 Å². The molecule has 1 aliphatic carbocycles. The molecule has 7 heteroatoms. The first-order valence-electron chi connectivity index (χ1n) is 9.44. The normalized spacial score (nSPS) is 17.5. The van der Waals surface area contributed by atoms with Gasteiger partial charge in [0.15, 0.2) is 0 Å². The molecular formula is C21H25ClN2O3S. The van der Waals surface area contributed by atoms with Crippen molar-refractivity contribution in [2.75, 3.05) is 10.6 Å². The maximum absolute atomic E-state index is 13.1. The number of nitrogens with zero attached hydrogens (tertiary/aromatic N) is 1. The number of hydrogen-bond donors (Lipinski definition) is 1. The van der Waals surface area contributed by atoms with Crippen molar-refractivity contribution in [2.45, 2.75) is 44.7 Å². The minimum absolute atomic E-state index is 0.0990. The molecule has 1 amide bonds. The van der Waals surface area contributed by atoms with Gasteiger partial charge in [-0.25, -0.2) is 8.42 Å². The molecule has 0 spiro atoms. The van der Waals surface area contributed by atoms with Crippen LogP contribution in [0.4, 0.5) is 5.69 Å². The molecule has 0 heterocycles. The number of carbonyl (C=O) groups is 1. The fraction of sp³-hybridized carbons (Fsp3) is 0.381. The Morgan fingerprint density at radius 3 is 2.54 bits per heavy atom. The molecule has 0 bridgehead atoms. The van der Waals surface area contributed by atoms with Gasteiger partial charge in [0.1, 0.15) is 6.04 Å². The van der Waals surface area contributed by atoms with Gasteiger partial charge in [0.25, 0.3) is 0 Å². The van der Waals surface area contributed by atoms with E-state index in [9.17, 15) is 13.2 Å². The summed E-state index contributed by atoms with van der Waals surface area (Å²) in [6.45, 7) is 1.81.